The third-order valence-corrected chi connectivity index (χ3v) is 10.1. The molecule has 0 aliphatic rings. The number of hydrogen-bond donors (Lipinski definition) is 0. The Kier molecular flexibility index (Phi) is 9.30. The van der Waals surface area contributed by atoms with Crippen LogP contribution in [0.15, 0.2) is 87.5 Å². The maximum atomic E-state index is 14.1. The zero-order valence-corrected chi connectivity index (χ0v) is 26.0. The Morgan fingerprint density at radius 3 is 1.14 bits per heavy atom. The van der Waals surface area contributed by atoms with Crippen molar-refractivity contribution >= 4 is 21.0 Å². The second-order valence-electron chi connectivity index (χ2n) is 12.0. The van der Waals surface area contributed by atoms with Crippen LogP contribution in [0.25, 0.3) is 0 Å². The summed E-state index contributed by atoms with van der Waals surface area (Å²) in [5.41, 5.74) is 1.77. The Morgan fingerprint density at radius 1 is 0.523 bits per heavy atom. The molecule has 0 N–H and O–H groups in total. The van der Waals surface area contributed by atoms with Gasteiger partial charge in [-0.15, -0.1) is 0 Å². The maximum absolute atomic E-state index is 14.1. The summed E-state index contributed by atoms with van der Waals surface area (Å²) in [5, 5.41) is -6.95. The molecule has 0 unspecified atom stereocenters. The molecule has 0 saturated heterocycles. The molecule has 0 atom stereocenters. The molecule has 242 valence electrons. The second kappa shape index (κ2) is 11.5. The van der Waals surface area contributed by atoms with Crippen LogP contribution in [0.5, 0.6) is 5.75 Å². The fourth-order valence-corrected chi connectivity index (χ4v) is 6.87. The lowest BCUT2D eigenvalue weighted by Crippen LogP contribution is -2.63. The highest BCUT2D eigenvalue weighted by molar-refractivity contribution is 7.97. The second-order valence-corrected chi connectivity index (χ2v) is 15.6. The number of benzene rings is 3. The Morgan fingerprint density at radius 2 is 0.841 bits per heavy atom. The molecular formula is C30H30F9O3S2+. The van der Waals surface area contributed by atoms with Crippen LogP contribution in [-0.2, 0) is 31.8 Å². The highest BCUT2D eigenvalue weighted by atomic mass is 32.2. The molecule has 0 bridgehead atoms. The first kappa shape index (κ1) is 35.6. The van der Waals surface area contributed by atoms with Crippen LogP contribution in [-0.4, -0.2) is 31.7 Å². The van der Waals surface area contributed by atoms with Gasteiger partial charge >= 0.3 is 33.4 Å². The highest BCUT2D eigenvalue weighted by Crippen LogP contribution is 2.55. The molecule has 0 amide bonds. The van der Waals surface area contributed by atoms with Crippen LogP contribution in [0, 0.1) is 0 Å². The smallest absolute Gasteiger partial charge is 0.378 e. The molecule has 3 rings (SSSR count). The van der Waals surface area contributed by atoms with Crippen LogP contribution in [0.2, 0.25) is 0 Å². The number of halogens is 9. The third-order valence-electron chi connectivity index (χ3n) is 6.61. The summed E-state index contributed by atoms with van der Waals surface area (Å²) in [6, 6.07) is 19.4. The van der Waals surface area contributed by atoms with Gasteiger partial charge in [-0.3, -0.25) is 0 Å². The predicted octanol–water partition coefficient (Wildman–Crippen LogP) is 9.51. The normalized spacial score (nSPS) is 14.2. The molecule has 0 saturated carbocycles. The van der Waals surface area contributed by atoms with Crippen molar-refractivity contribution in [2.45, 2.75) is 90.3 Å². The molecule has 0 radical (unpaired) electrons. The fourth-order valence-electron chi connectivity index (χ4n) is 3.92. The van der Waals surface area contributed by atoms with Crippen LogP contribution in [0.1, 0.15) is 52.7 Å². The Bertz CT molecular complexity index is 1500. The van der Waals surface area contributed by atoms with Gasteiger partial charge in [0.15, 0.2) is 14.7 Å². The van der Waals surface area contributed by atoms with Gasteiger partial charge in [0.25, 0.3) is 0 Å². The summed E-state index contributed by atoms with van der Waals surface area (Å²) in [6.45, 7) is 12.2. The van der Waals surface area contributed by atoms with Gasteiger partial charge in [-0.05, 0) is 70.5 Å². The first-order valence-electron chi connectivity index (χ1n) is 12.9. The van der Waals surface area contributed by atoms with E-state index in [1.807, 2.05) is 90.1 Å². The Hall–Kier alpha value is -2.87. The molecule has 0 heterocycles. The predicted molar refractivity (Wildman–Crippen MR) is 149 cm³/mol. The first-order chi connectivity index (χ1) is 19.7. The summed E-state index contributed by atoms with van der Waals surface area (Å²) >= 11 is 0. The number of rotatable bonds is 8. The van der Waals surface area contributed by atoms with Crippen molar-refractivity contribution in [1.29, 1.82) is 0 Å². The molecular weight excluding hydrogens is 643 g/mol. The van der Waals surface area contributed by atoms with E-state index in [9.17, 15) is 47.9 Å². The van der Waals surface area contributed by atoms with Crippen molar-refractivity contribution < 1.29 is 52.1 Å². The van der Waals surface area contributed by atoms with E-state index in [0.29, 0.717) is 4.90 Å². The first-order valence-corrected chi connectivity index (χ1v) is 15.6. The van der Waals surface area contributed by atoms with Crippen LogP contribution in [0.4, 0.5) is 39.5 Å². The average Bonchev–Trinajstić information content (AvgIpc) is 2.88. The van der Waals surface area contributed by atoms with Gasteiger partial charge in [-0.2, -0.15) is 47.9 Å². The summed E-state index contributed by atoms with van der Waals surface area (Å²) in [4.78, 5) is 2.12. The zero-order valence-electron chi connectivity index (χ0n) is 24.4. The quantitative estimate of drug-likeness (QED) is 0.136. The van der Waals surface area contributed by atoms with Gasteiger partial charge in [0.1, 0.15) is 5.75 Å². The van der Waals surface area contributed by atoms with E-state index >= 15 is 0 Å². The van der Waals surface area contributed by atoms with Crippen molar-refractivity contribution in [3.8, 4) is 5.75 Å². The van der Waals surface area contributed by atoms with Crippen molar-refractivity contribution in [3.63, 3.8) is 0 Å². The molecule has 0 aromatic heterocycles. The lowest BCUT2D eigenvalue weighted by Gasteiger charge is -2.32. The van der Waals surface area contributed by atoms with E-state index in [2.05, 4.69) is 4.18 Å². The van der Waals surface area contributed by atoms with Gasteiger partial charge < -0.3 is 4.18 Å². The van der Waals surface area contributed by atoms with E-state index in [1.165, 1.54) is 12.1 Å². The largest absolute Gasteiger partial charge is 0.460 e. The van der Waals surface area contributed by atoms with Crippen molar-refractivity contribution in [2.24, 2.45) is 0 Å². The van der Waals surface area contributed by atoms with Crippen molar-refractivity contribution in [2.75, 3.05) is 0 Å². The number of alkyl halides is 9. The van der Waals surface area contributed by atoms with E-state index in [-0.39, 0.29) is 10.8 Å². The molecule has 3 aromatic carbocycles. The van der Waals surface area contributed by atoms with E-state index in [4.69, 9.17) is 0 Å². The van der Waals surface area contributed by atoms with Gasteiger partial charge in [0.05, 0.1) is 10.9 Å². The molecule has 0 fully saturated rings. The topological polar surface area (TPSA) is 43.4 Å². The van der Waals surface area contributed by atoms with Gasteiger partial charge in [-0.1, -0.05) is 65.8 Å². The van der Waals surface area contributed by atoms with Gasteiger partial charge in [0.2, 0.25) is 0 Å². The lowest BCUT2D eigenvalue weighted by atomic mass is 9.87. The summed E-state index contributed by atoms with van der Waals surface area (Å²) in [6.07, 6.45) is -7.18. The molecule has 3 aromatic rings. The minimum Gasteiger partial charge on any atom is -0.378 e. The minimum absolute atomic E-state index is 0.154. The fraction of sp³-hybridized carbons (Fsp3) is 0.400. The van der Waals surface area contributed by atoms with E-state index in [1.54, 1.807) is 0 Å². The zero-order chi connectivity index (χ0) is 33.7. The van der Waals surface area contributed by atoms with E-state index < -0.39 is 50.0 Å². The molecule has 3 nitrogen and oxygen atoms in total. The number of hydrogen-bond acceptors (Lipinski definition) is 3. The van der Waals surface area contributed by atoms with Crippen LogP contribution >= 0.6 is 0 Å². The molecule has 44 heavy (non-hydrogen) atoms. The van der Waals surface area contributed by atoms with Crippen LogP contribution in [0.3, 0.4) is 0 Å². The van der Waals surface area contributed by atoms with E-state index in [0.717, 1.165) is 33.1 Å². The Labute approximate surface area is 252 Å². The van der Waals surface area contributed by atoms with Gasteiger partial charge in [0, 0.05) is 0 Å². The SMILES string of the molecule is CC(C)(C)c1ccc([S+](c2ccc(OS(=O)(=O)C(F)(F)C(F)(F)C(F)(F)C(F)(F)F)cc2)c2ccc(C(C)(C)C)cc2)cc1. The monoisotopic (exact) mass is 673 g/mol. The summed E-state index contributed by atoms with van der Waals surface area (Å²) in [5.74, 6) is -15.8. The molecule has 0 aliphatic carbocycles. The summed E-state index contributed by atoms with van der Waals surface area (Å²) in [7, 11) is -7.92. The molecule has 0 aliphatic heterocycles. The maximum Gasteiger partial charge on any atom is 0.460 e. The lowest BCUT2D eigenvalue weighted by molar-refractivity contribution is -0.382. The van der Waals surface area contributed by atoms with Crippen molar-refractivity contribution in [3.05, 3.63) is 83.9 Å². The Balaban J connectivity index is 2.02. The molecule has 0 spiro atoms. The standard InChI is InChI=1S/C30H30F9O3S2/c1-25(2,3)19-7-13-22(14-8-19)43(23-15-9-20(10-16-23)26(4,5)6)24-17-11-21(12-18-24)42-44(40,41)30(38,39)28(33,34)27(31,32)29(35,36)37/h7-18H,1-6H3/q+1. The highest BCUT2D eigenvalue weighted by Gasteiger charge is 2.86. The molecule has 14 heteroatoms. The summed E-state index contributed by atoms with van der Waals surface area (Å²) < 4.78 is 147. The van der Waals surface area contributed by atoms with Crippen LogP contribution < -0.4 is 4.18 Å². The minimum atomic E-state index is -7.39. The average molecular weight is 674 g/mol. The van der Waals surface area contributed by atoms with Crippen molar-refractivity contribution in [1.82, 2.24) is 0 Å². The third kappa shape index (κ3) is 6.70. The van der Waals surface area contributed by atoms with Gasteiger partial charge in [-0.25, -0.2) is 0 Å².